The summed E-state index contributed by atoms with van der Waals surface area (Å²) in [6, 6.07) is 1.15. The normalized spacial score (nSPS) is 25.8. The third-order valence-electron chi connectivity index (χ3n) is 5.80. The Bertz CT molecular complexity index is 935. The second-order valence-electron chi connectivity index (χ2n) is 7.67. The average molecular weight is 403 g/mol. The number of halogens is 1. The molecule has 2 aliphatic rings. The molecule has 2 aromatic rings. The van der Waals surface area contributed by atoms with Crippen molar-refractivity contribution in [3.63, 3.8) is 0 Å². The van der Waals surface area contributed by atoms with Crippen LogP contribution in [0, 0.1) is 18.7 Å². The highest BCUT2D eigenvalue weighted by atomic mass is 19.1. The van der Waals surface area contributed by atoms with Crippen LogP contribution in [0.5, 0.6) is 0 Å². The van der Waals surface area contributed by atoms with Crippen molar-refractivity contribution in [2.24, 2.45) is 5.92 Å². The van der Waals surface area contributed by atoms with Crippen LogP contribution < -0.4 is 5.32 Å². The smallest absolute Gasteiger partial charge is 0.254 e. The summed E-state index contributed by atoms with van der Waals surface area (Å²) in [4.78, 5) is 34.7. The minimum Gasteiger partial charge on any atom is -0.375 e. The van der Waals surface area contributed by atoms with Gasteiger partial charge in [-0.05, 0) is 31.7 Å². The van der Waals surface area contributed by atoms with E-state index in [-0.39, 0.29) is 30.0 Å². The molecule has 1 saturated heterocycles. The number of fused-ring (bicyclic) bond motifs is 1. The molecule has 10 heteroatoms. The maximum Gasteiger partial charge on any atom is 0.254 e. The van der Waals surface area contributed by atoms with Crippen LogP contribution in [0.3, 0.4) is 0 Å². The lowest BCUT2D eigenvalue weighted by molar-refractivity contribution is -0.134. The van der Waals surface area contributed by atoms with Gasteiger partial charge >= 0.3 is 0 Å². The fourth-order valence-corrected chi connectivity index (χ4v) is 4.54. The molecule has 0 spiro atoms. The van der Waals surface area contributed by atoms with Gasteiger partial charge in [-0.1, -0.05) is 5.16 Å². The molecular weight excluding hydrogens is 381 g/mol. The summed E-state index contributed by atoms with van der Waals surface area (Å²) in [5.74, 6) is -0.228. The molecule has 2 aromatic heterocycles. The predicted molar refractivity (Wildman–Crippen MR) is 97.3 cm³/mol. The molecule has 3 atom stereocenters. The SMILES string of the molecule is COCC(=O)N1CC2C[C@@H](NC(=O)c3ccncc3F)C[C@]2(c2nc(C)no2)C1. The number of nitrogens with one attached hydrogen (secondary N) is 1. The maximum absolute atomic E-state index is 13.9. The molecule has 3 heterocycles. The van der Waals surface area contributed by atoms with Gasteiger partial charge in [0, 0.05) is 32.4 Å². The van der Waals surface area contributed by atoms with Crippen LogP contribution in [0.4, 0.5) is 4.39 Å². The lowest BCUT2D eigenvalue weighted by Gasteiger charge is -2.25. The lowest BCUT2D eigenvalue weighted by Crippen LogP contribution is -2.40. The van der Waals surface area contributed by atoms with Gasteiger partial charge in [0.15, 0.2) is 11.6 Å². The Balaban J connectivity index is 1.55. The van der Waals surface area contributed by atoms with Gasteiger partial charge in [0.05, 0.1) is 17.2 Å². The Labute approximate surface area is 166 Å². The van der Waals surface area contributed by atoms with Gasteiger partial charge in [-0.3, -0.25) is 14.6 Å². The number of pyridine rings is 1. The zero-order valence-electron chi connectivity index (χ0n) is 16.2. The van der Waals surface area contributed by atoms with Gasteiger partial charge in [-0.2, -0.15) is 4.98 Å². The van der Waals surface area contributed by atoms with E-state index in [4.69, 9.17) is 9.26 Å². The summed E-state index contributed by atoms with van der Waals surface area (Å²) in [5, 5.41) is 6.82. The fraction of sp³-hybridized carbons (Fsp3) is 0.526. The highest BCUT2D eigenvalue weighted by Gasteiger charge is 2.58. The summed E-state index contributed by atoms with van der Waals surface area (Å²) in [6.45, 7) is 2.67. The number of ether oxygens (including phenoxy) is 1. The second-order valence-corrected chi connectivity index (χ2v) is 7.67. The van der Waals surface area contributed by atoms with Crippen molar-refractivity contribution in [2.45, 2.75) is 31.2 Å². The van der Waals surface area contributed by atoms with Crippen molar-refractivity contribution >= 4 is 11.8 Å². The van der Waals surface area contributed by atoms with Crippen molar-refractivity contribution in [2.75, 3.05) is 26.8 Å². The number of aromatic nitrogens is 3. The first-order valence-corrected chi connectivity index (χ1v) is 9.41. The number of carbonyl (C=O) groups is 2. The first kappa shape index (κ1) is 19.4. The fourth-order valence-electron chi connectivity index (χ4n) is 4.54. The molecule has 1 aliphatic heterocycles. The highest BCUT2D eigenvalue weighted by Crippen LogP contribution is 2.50. The van der Waals surface area contributed by atoms with Crippen molar-refractivity contribution in [1.29, 1.82) is 0 Å². The number of carbonyl (C=O) groups excluding carboxylic acids is 2. The molecule has 1 aliphatic carbocycles. The van der Waals surface area contributed by atoms with E-state index >= 15 is 0 Å². The van der Waals surface area contributed by atoms with Crippen molar-refractivity contribution in [3.8, 4) is 0 Å². The number of likely N-dealkylation sites (tertiary alicyclic amines) is 1. The molecule has 2 fully saturated rings. The molecule has 1 N–H and O–H groups in total. The van der Waals surface area contributed by atoms with Gasteiger partial charge in [0.25, 0.3) is 5.91 Å². The van der Waals surface area contributed by atoms with Crippen molar-refractivity contribution in [3.05, 3.63) is 41.6 Å². The number of methoxy groups -OCH3 is 1. The average Bonchev–Trinajstić information content (AvgIpc) is 3.35. The molecular formula is C19H22FN5O4. The molecule has 0 radical (unpaired) electrons. The number of amides is 2. The van der Waals surface area contributed by atoms with Gasteiger partial charge in [0.1, 0.15) is 6.61 Å². The summed E-state index contributed by atoms with van der Waals surface area (Å²) in [5.41, 5.74) is -0.587. The topological polar surface area (TPSA) is 110 Å². The Hall–Kier alpha value is -2.88. The number of rotatable bonds is 5. The Kier molecular flexibility index (Phi) is 5.03. The third-order valence-corrected chi connectivity index (χ3v) is 5.80. The molecule has 0 aromatic carbocycles. The molecule has 9 nitrogen and oxygen atoms in total. The first-order valence-electron chi connectivity index (χ1n) is 9.41. The Morgan fingerprint density at radius 1 is 1.48 bits per heavy atom. The van der Waals surface area contributed by atoms with E-state index in [2.05, 4.69) is 20.4 Å². The zero-order chi connectivity index (χ0) is 20.6. The molecule has 29 heavy (non-hydrogen) atoms. The predicted octanol–water partition coefficient (Wildman–Crippen LogP) is 0.847. The maximum atomic E-state index is 13.9. The van der Waals surface area contributed by atoms with Gasteiger partial charge < -0.3 is 19.5 Å². The van der Waals surface area contributed by atoms with E-state index in [0.29, 0.717) is 37.6 Å². The van der Waals surface area contributed by atoms with Crippen LogP contribution in [0.2, 0.25) is 0 Å². The van der Waals surface area contributed by atoms with Crippen LogP contribution in [0.15, 0.2) is 23.0 Å². The largest absolute Gasteiger partial charge is 0.375 e. The summed E-state index contributed by atoms with van der Waals surface area (Å²) in [7, 11) is 1.48. The van der Waals surface area contributed by atoms with E-state index in [1.165, 1.54) is 19.4 Å². The van der Waals surface area contributed by atoms with Gasteiger partial charge in [-0.15, -0.1) is 0 Å². The summed E-state index contributed by atoms with van der Waals surface area (Å²) < 4.78 is 24.3. The minimum absolute atomic E-state index is 0.00709. The molecule has 4 rings (SSSR count). The van der Waals surface area contributed by atoms with E-state index in [1.54, 1.807) is 11.8 Å². The van der Waals surface area contributed by atoms with Crippen LogP contribution >= 0.6 is 0 Å². The van der Waals surface area contributed by atoms with Crippen LogP contribution in [0.1, 0.15) is 34.9 Å². The second kappa shape index (κ2) is 7.51. The van der Waals surface area contributed by atoms with Crippen LogP contribution in [-0.4, -0.2) is 64.7 Å². The molecule has 154 valence electrons. The molecule has 1 unspecified atom stereocenters. The quantitative estimate of drug-likeness (QED) is 0.788. The molecule has 0 bridgehead atoms. The first-order chi connectivity index (χ1) is 13.9. The summed E-state index contributed by atoms with van der Waals surface area (Å²) >= 11 is 0. The zero-order valence-corrected chi connectivity index (χ0v) is 16.2. The van der Waals surface area contributed by atoms with Gasteiger partial charge in [-0.25, -0.2) is 4.39 Å². The Morgan fingerprint density at radius 3 is 3.00 bits per heavy atom. The number of aryl methyl sites for hydroxylation is 1. The van der Waals surface area contributed by atoms with E-state index in [1.807, 2.05) is 0 Å². The number of nitrogens with zero attached hydrogens (tertiary/aromatic N) is 4. The Morgan fingerprint density at radius 2 is 2.31 bits per heavy atom. The van der Waals surface area contributed by atoms with E-state index < -0.39 is 17.1 Å². The minimum atomic E-state index is -0.665. The molecule has 2 amide bonds. The standard InChI is InChI=1S/C19H22FN5O4/c1-11-22-18(29-24-11)19-6-13(23-17(27)14-3-4-21-7-15(14)20)5-12(19)8-25(10-19)16(26)9-28-2/h3-4,7,12-13H,5-6,8-10H2,1-2H3,(H,23,27)/t12?,13-,19+/m1/s1. The van der Waals surface area contributed by atoms with E-state index in [9.17, 15) is 14.0 Å². The van der Waals surface area contributed by atoms with Crippen molar-refractivity contribution < 1.29 is 23.2 Å². The molecule has 1 saturated carbocycles. The number of hydrogen-bond acceptors (Lipinski definition) is 7. The monoisotopic (exact) mass is 403 g/mol. The highest BCUT2D eigenvalue weighted by molar-refractivity contribution is 5.94. The summed E-state index contributed by atoms with van der Waals surface area (Å²) in [6.07, 6.45) is 3.54. The van der Waals surface area contributed by atoms with Crippen molar-refractivity contribution in [1.82, 2.24) is 25.3 Å². The van der Waals surface area contributed by atoms with Gasteiger partial charge in [0.2, 0.25) is 11.8 Å². The van der Waals surface area contributed by atoms with Crippen LogP contribution in [0.25, 0.3) is 0 Å². The third kappa shape index (κ3) is 3.48. The number of hydrogen-bond donors (Lipinski definition) is 1. The lowest BCUT2D eigenvalue weighted by atomic mass is 9.80. The van der Waals surface area contributed by atoms with Crippen LogP contribution in [-0.2, 0) is 14.9 Å². The van der Waals surface area contributed by atoms with E-state index in [0.717, 1.165) is 6.20 Å².